The Labute approximate surface area is 154 Å². The van der Waals surface area contributed by atoms with Crippen molar-refractivity contribution in [1.82, 2.24) is 15.6 Å². The summed E-state index contributed by atoms with van der Waals surface area (Å²) in [4.78, 5) is 22.1. The van der Waals surface area contributed by atoms with Crippen LogP contribution >= 0.6 is 11.3 Å². The van der Waals surface area contributed by atoms with E-state index in [-0.39, 0.29) is 12.1 Å². The van der Waals surface area contributed by atoms with E-state index in [2.05, 4.69) is 27.5 Å². The highest BCUT2D eigenvalue weighted by Gasteiger charge is 2.18. The van der Waals surface area contributed by atoms with Gasteiger partial charge in [0.15, 0.2) is 5.96 Å². The summed E-state index contributed by atoms with van der Waals surface area (Å²) in [6.45, 7) is 8.20. The fourth-order valence-corrected chi connectivity index (χ4v) is 3.64. The molecule has 1 fully saturated rings. The Kier molecular flexibility index (Phi) is 8.18. The SMILES string of the molecule is CCNC(=NCc1nc(C)c(C)s1)NCCCC(=O)OC1CCCC1. The van der Waals surface area contributed by atoms with E-state index in [0.29, 0.717) is 19.5 Å². The van der Waals surface area contributed by atoms with Gasteiger partial charge < -0.3 is 15.4 Å². The zero-order valence-electron chi connectivity index (χ0n) is 15.6. The second-order valence-corrected chi connectivity index (χ2v) is 7.66. The highest BCUT2D eigenvalue weighted by molar-refractivity contribution is 7.11. The van der Waals surface area contributed by atoms with Crippen molar-refractivity contribution in [2.75, 3.05) is 13.1 Å². The van der Waals surface area contributed by atoms with Gasteiger partial charge in [-0.05, 0) is 52.9 Å². The number of ether oxygens (including phenoxy) is 1. The lowest BCUT2D eigenvalue weighted by molar-refractivity contribution is -0.148. The number of hydrogen-bond acceptors (Lipinski definition) is 5. The van der Waals surface area contributed by atoms with E-state index < -0.39 is 0 Å². The zero-order chi connectivity index (χ0) is 18.1. The van der Waals surface area contributed by atoms with Crippen LogP contribution in [0.5, 0.6) is 0 Å². The van der Waals surface area contributed by atoms with Crippen molar-refractivity contribution in [1.29, 1.82) is 0 Å². The lowest BCUT2D eigenvalue weighted by Gasteiger charge is -2.12. The predicted octanol–water partition coefficient (Wildman–Crippen LogP) is 3.08. The molecule has 1 aliphatic rings. The lowest BCUT2D eigenvalue weighted by atomic mass is 10.3. The van der Waals surface area contributed by atoms with Crippen LogP contribution in [0.15, 0.2) is 4.99 Å². The van der Waals surface area contributed by atoms with Crippen molar-refractivity contribution in [3.05, 3.63) is 15.6 Å². The summed E-state index contributed by atoms with van der Waals surface area (Å²) in [6, 6.07) is 0. The molecule has 1 aromatic heterocycles. The molecule has 7 heteroatoms. The van der Waals surface area contributed by atoms with Gasteiger partial charge in [0.1, 0.15) is 11.1 Å². The minimum atomic E-state index is -0.0793. The highest BCUT2D eigenvalue weighted by atomic mass is 32.1. The Balaban J connectivity index is 1.69. The Morgan fingerprint density at radius 1 is 1.32 bits per heavy atom. The molecule has 2 rings (SSSR count). The first-order valence-electron chi connectivity index (χ1n) is 9.23. The molecular weight excluding hydrogens is 336 g/mol. The number of hydrogen-bond donors (Lipinski definition) is 2. The standard InChI is InChI=1S/C18H30N4O2S/c1-4-19-18(21-12-16-22-13(2)14(3)25-16)20-11-7-10-17(23)24-15-8-5-6-9-15/h15H,4-12H2,1-3H3,(H2,19,20,21). The monoisotopic (exact) mass is 366 g/mol. The van der Waals surface area contributed by atoms with Crippen LogP contribution in [-0.2, 0) is 16.1 Å². The van der Waals surface area contributed by atoms with Gasteiger partial charge in [0, 0.05) is 24.4 Å². The summed E-state index contributed by atoms with van der Waals surface area (Å²) < 4.78 is 5.47. The van der Waals surface area contributed by atoms with Crippen LogP contribution in [0, 0.1) is 13.8 Å². The van der Waals surface area contributed by atoms with E-state index in [4.69, 9.17) is 4.74 Å². The third-order valence-electron chi connectivity index (χ3n) is 4.24. The summed E-state index contributed by atoms with van der Waals surface area (Å²) in [5, 5.41) is 7.51. The van der Waals surface area contributed by atoms with Gasteiger partial charge >= 0.3 is 5.97 Å². The molecule has 2 N–H and O–H groups in total. The smallest absolute Gasteiger partial charge is 0.306 e. The van der Waals surface area contributed by atoms with E-state index in [9.17, 15) is 4.79 Å². The number of nitrogens with zero attached hydrogens (tertiary/aromatic N) is 2. The Morgan fingerprint density at radius 3 is 2.72 bits per heavy atom. The quantitative estimate of drug-likeness (QED) is 0.320. The Hall–Kier alpha value is -1.63. The number of esters is 1. The Bertz CT molecular complexity index is 560. The van der Waals surface area contributed by atoms with E-state index in [1.165, 1.54) is 17.7 Å². The summed E-state index contributed by atoms with van der Waals surface area (Å²) in [7, 11) is 0. The topological polar surface area (TPSA) is 75.6 Å². The fourth-order valence-electron chi connectivity index (χ4n) is 2.79. The molecule has 1 aromatic rings. The second-order valence-electron chi connectivity index (χ2n) is 6.37. The molecule has 0 radical (unpaired) electrons. The molecule has 1 aliphatic carbocycles. The van der Waals surface area contributed by atoms with Gasteiger partial charge in [0.25, 0.3) is 0 Å². The highest BCUT2D eigenvalue weighted by Crippen LogP contribution is 2.21. The predicted molar refractivity (Wildman–Crippen MR) is 102 cm³/mol. The average molecular weight is 367 g/mol. The van der Waals surface area contributed by atoms with Crippen molar-refractivity contribution in [2.45, 2.75) is 71.9 Å². The van der Waals surface area contributed by atoms with Gasteiger partial charge in [0.05, 0.1) is 12.2 Å². The van der Waals surface area contributed by atoms with Gasteiger partial charge in [-0.3, -0.25) is 4.79 Å². The van der Waals surface area contributed by atoms with E-state index in [1.807, 2.05) is 13.8 Å². The first kappa shape index (κ1) is 19.7. The first-order valence-corrected chi connectivity index (χ1v) is 10.0. The van der Waals surface area contributed by atoms with E-state index in [0.717, 1.165) is 42.5 Å². The first-order chi connectivity index (χ1) is 12.1. The summed E-state index contributed by atoms with van der Waals surface area (Å²) >= 11 is 1.69. The summed E-state index contributed by atoms with van der Waals surface area (Å²) in [5.74, 6) is 0.682. The molecule has 0 unspecified atom stereocenters. The average Bonchev–Trinajstić information content (AvgIpc) is 3.19. The maximum atomic E-state index is 11.8. The van der Waals surface area contributed by atoms with Crippen molar-refractivity contribution >= 4 is 23.3 Å². The molecule has 25 heavy (non-hydrogen) atoms. The molecule has 140 valence electrons. The Morgan fingerprint density at radius 2 is 2.08 bits per heavy atom. The maximum absolute atomic E-state index is 11.8. The number of rotatable bonds is 8. The maximum Gasteiger partial charge on any atom is 0.306 e. The third-order valence-corrected chi connectivity index (χ3v) is 5.30. The molecule has 1 heterocycles. The number of aliphatic imine (C=N–C) groups is 1. The molecule has 0 amide bonds. The van der Waals surface area contributed by atoms with Crippen molar-refractivity contribution in [3.63, 3.8) is 0 Å². The minimum absolute atomic E-state index is 0.0793. The van der Waals surface area contributed by atoms with Crippen LogP contribution in [0.4, 0.5) is 0 Å². The molecular formula is C18H30N4O2S. The molecule has 0 aromatic carbocycles. The summed E-state index contributed by atoms with van der Waals surface area (Å²) in [5.41, 5.74) is 1.08. The second kappa shape index (κ2) is 10.4. The molecule has 0 spiro atoms. The van der Waals surface area contributed by atoms with Crippen LogP contribution in [-0.4, -0.2) is 36.1 Å². The number of guanidine groups is 1. The largest absolute Gasteiger partial charge is 0.462 e. The number of aromatic nitrogens is 1. The normalized spacial score (nSPS) is 15.4. The number of aryl methyl sites for hydroxylation is 2. The number of carbonyl (C=O) groups excluding carboxylic acids is 1. The molecule has 0 aliphatic heterocycles. The number of nitrogens with one attached hydrogen (secondary N) is 2. The van der Waals surface area contributed by atoms with Crippen molar-refractivity contribution in [2.24, 2.45) is 4.99 Å². The van der Waals surface area contributed by atoms with Crippen LogP contribution < -0.4 is 10.6 Å². The molecule has 0 atom stereocenters. The van der Waals surface area contributed by atoms with Crippen LogP contribution in [0.3, 0.4) is 0 Å². The van der Waals surface area contributed by atoms with E-state index in [1.54, 1.807) is 11.3 Å². The van der Waals surface area contributed by atoms with Crippen LogP contribution in [0.25, 0.3) is 0 Å². The lowest BCUT2D eigenvalue weighted by Crippen LogP contribution is -2.37. The number of carbonyl (C=O) groups is 1. The van der Waals surface area contributed by atoms with Gasteiger partial charge in [-0.15, -0.1) is 11.3 Å². The molecule has 0 bridgehead atoms. The van der Waals surface area contributed by atoms with Crippen molar-refractivity contribution in [3.8, 4) is 0 Å². The molecule has 6 nitrogen and oxygen atoms in total. The van der Waals surface area contributed by atoms with Crippen molar-refractivity contribution < 1.29 is 9.53 Å². The van der Waals surface area contributed by atoms with Crippen LogP contribution in [0.1, 0.15) is 61.0 Å². The molecule has 0 saturated heterocycles. The summed E-state index contributed by atoms with van der Waals surface area (Å²) in [6.07, 6.45) is 5.76. The fraction of sp³-hybridized carbons (Fsp3) is 0.722. The van der Waals surface area contributed by atoms with Gasteiger partial charge in [-0.2, -0.15) is 0 Å². The van der Waals surface area contributed by atoms with Crippen LogP contribution in [0.2, 0.25) is 0 Å². The number of thiazole rings is 1. The van der Waals surface area contributed by atoms with Gasteiger partial charge in [-0.1, -0.05) is 0 Å². The molecule has 1 saturated carbocycles. The third kappa shape index (κ3) is 7.02. The zero-order valence-corrected chi connectivity index (χ0v) is 16.4. The van der Waals surface area contributed by atoms with Gasteiger partial charge in [0.2, 0.25) is 0 Å². The minimum Gasteiger partial charge on any atom is -0.462 e. The van der Waals surface area contributed by atoms with Gasteiger partial charge in [-0.25, -0.2) is 9.98 Å². The van der Waals surface area contributed by atoms with E-state index >= 15 is 0 Å².